The van der Waals surface area contributed by atoms with Gasteiger partial charge < -0.3 is 15.4 Å². The Morgan fingerprint density at radius 2 is 2.00 bits per heavy atom. The highest BCUT2D eigenvalue weighted by atomic mass is 35.5. The van der Waals surface area contributed by atoms with E-state index in [1.165, 1.54) is 0 Å². The molecule has 0 aromatic heterocycles. The second-order valence-corrected chi connectivity index (χ2v) is 5.72. The molecule has 0 aliphatic carbocycles. The van der Waals surface area contributed by atoms with E-state index >= 15 is 0 Å². The molecule has 2 aromatic rings. The van der Waals surface area contributed by atoms with E-state index in [4.69, 9.17) is 16.3 Å². The minimum atomic E-state index is -0.283. The zero-order chi connectivity index (χ0) is 15.1. The Bertz CT molecular complexity index is 801. The molecule has 5 heteroatoms. The van der Waals surface area contributed by atoms with Gasteiger partial charge in [-0.3, -0.25) is 4.79 Å². The predicted molar refractivity (Wildman–Crippen MR) is 86.2 cm³/mol. The topological polar surface area (TPSA) is 50.4 Å². The fourth-order valence-electron chi connectivity index (χ4n) is 2.73. The van der Waals surface area contributed by atoms with Crippen molar-refractivity contribution in [3.05, 3.63) is 64.2 Å². The largest absolute Gasteiger partial charge is 0.488 e. The first-order valence-corrected chi connectivity index (χ1v) is 7.38. The van der Waals surface area contributed by atoms with Crippen LogP contribution in [-0.4, -0.2) is 18.7 Å². The number of ether oxygens (including phenoxy) is 1. The molecule has 1 atom stereocenters. The summed E-state index contributed by atoms with van der Waals surface area (Å²) in [6.45, 7) is 0.425. The standard InChI is InChI=1S/C17H13ClN2O2/c18-12-5-6-15-10(8-12)7-11(9-22-15)16-19-14-4-2-1-3-13(14)17(21)20-16/h1-8,16,19H,9H2,(H,20,21). The first-order valence-electron chi connectivity index (χ1n) is 7.00. The molecule has 4 nitrogen and oxygen atoms in total. The first kappa shape index (κ1) is 13.2. The predicted octanol–water partition coefficient (Wildman–Crippen LogP) is 3.30. The second kappa shape index (κ2) is 5.07. The smallest absolute Gasteiger partial charge is 0.255 e. The van der Waals surface area contributed by atoms with Gasteiger partial charge in [0.15, 0.2) is 0 Å². The third-order valence-electron chi connectivity index (χ3n) is 3.82. The summed E-state index contributed by atoms with van der Waals surface area (Å²) < 4.78 is 5.75. The van der Waals surface area contributed by atoms with Gasteiger partial charge in [0.25, 0.3) is 5.91 Å². The molecule has 0 radical (unpaired) electrons. The van der Waals surface area contributed by atoms with Crippen LogP contribution < -0.4 is 15.4 Å². The SMILES string of the molecule is O=C1NC(C2=Cc3cc(Cl)ccc3OC2)Nc2ccccc21. The highest BCUT2D eigenvalue weighted by Crippen LogP contribution is 2.31. The molecule has 0 saturated heterocycles. The summed E-state index contributed by atoms with van der Waals surface area (Å²) in [5, 5.41) is 6.94. The quantitative estimate of drug-likeness (QED) is 0.849. The molecule has 1 amide bonds. The van der Waals surface area contributed by atoms with Crippen LogP contribution in [0.15, 0.2) is 48.0 Å². The molecule has 1 unspecified atom stereocenters. The van der Waals surface area contributed by atoms with Gasteiger partial charge >= 0.3 is 0 Å². The fourth-order valence-corrected chi connectivity index (χ4v) is 2.91. The van der Waals surface area contributed by atoms with Gasteiger partial charge in [-0.05, 0) is 36.4 Å². The zero-order valence-electron chi connectivity index (χ0n) is 11.6. The summed E-state index contributed by atoms with van der Waals surface area (Å²) in [5.41, 5.74) is 3.36. The van der Waals surface area contributed by atoms with Crippen LogP contribution in [0.5, 0.6) is 5.75 Å². The van der Waals surface area contributed by atoms with Crippen LogP contribution in [0, 0.1) is 0 Å². The lowest BCUT2D eigenvalue weighted by Crippen LogP contribution is -2.47. The maximum atomic E-state index is 12.2. The van der Waals surface area contributed by atoms with Crippen molar-refractivity contribution in [2.24, 2.45) is 0 Å². The number of anilines is 1. The molecule has 2 aliphatic heterocycles. The number of benzene rings is 2. The number of fused-ring (bicyclic) bond motifs is 2. The highest BCUT2D eigenvalue weighted by Gasteiger charge is 2.27. The van der Waals surface area contributed by atoms with Crippen LogP contribution in [0.25, 0.3) is 6.08 Å². The van der Waals surface area contributed by atoms with Crippen molar-refractivity contribution >= 4 is 29.3 Å². The number of carbonyl (C=O) groups is 1. The van der Waals surface area contributed by atoms with Crippen LogP contribution in [0.1, 0.15) is 15.9 Å². The van der Waals surface area contributed by atoms with E-state index in [0.717, 1.165) is 22.6 Å². The number of para-hydroxylation sites is 1. The second-order valence-electron chi connectivity index (χ2n) is 5.29. The lowest BCUT2D eigenvalue weighted by molar-refractivity contribution is 0.0940. The van der Waals surface area contributed by atoms with Crippen LogP contribution in [0.3, 0.4) is 0 Å². The number of hydrogen-bond donors (Lipinski definition) is 2. The normalized spacial score (nSPS) is 19.0. The van der Waals surface area contributed by atoms with Crippen molar-refractivity contribution in [2.45, 2.75) is 6.17 Å². The van der Waals surface area contributed by atoms with E-state index in [0.29, 0.717) is 17.2 Å². The lowest BCUT2D eigenvalue weighted by Gasteiger charge is -2.31. The van der Waals surface area contributed by atoms with Crippen LogP contribution in [0.4, 0.5) is 5.69 Å². The Labute approximate surface area is 132 Å². The van der Waals surface area contributed by atoms with E-state index in [9.17, 15) is 4.79 Å². The van der Waals surface area contributed by atoms with Crippen LogP contribution in [0.2, 0.25) is 5.02 Å². The highest BCUT2D eigenvalue weighted by molar-refractivity contribution is 6.30. The molecule has 2 aliphatic rings. The average Bonchev–Trinajstić information content (AvgIpc) is 2.54. The molecule has 0 spiro atoms. The van der Waals surface area contributed by atoms with E-state index < -0.39 is 0 Å². The zero-order valence-corrected chi connectivity index (χ0v) is 12.4. The maximum absolute atomic E-state index is 12.2. The number of nitrogens with one attached hydrogen (secondary N) is 2. The Kier molecular flexibility index (Phi) is 3.05. The number of rotatable bonds is 1. The third kappa shape index (κ3) is 2.22. The molecular formula is C17H13ClN2O2. The van der Waals surface area contributed by atoms with Crippen molar-refractivity contribution in [3.63, 3.8) is 0 Å². The van der Waals surface area contributed by atoms with Crippen molar-refractivity contribution < 1.29 is 9.53 Å². The summed E-state index contributed by atoms with van der Waals surface area (Å²) in [7, 11) is 0. The molecule has 110 valence electrons. The van der Waals surface area contributed by atoms with E-state index in [2.05, 4.69) is 10.6 Å². The van der Waals surface area contributed by atoms with Gasteiger partial charge in [-0.1, -0.05) is 23.7 Å². The number of carbonyl (C=O) groups excluding carboxylic acids is 1. The van der Waals surface area contributed by atoms with Gasteiger partial charge in [0.05, 0.1) is 5.56 Å². The Morgan fingerprint density at radius 3 is 2.91 bits per heavy atom. The third-order valence-corrected chi connectivity index (χ3v) is 4.06. The van der Waals surface area contributed by atoms with Gasteiger partial charge in [-0.2, -0.15) is 0 Å². The molecule has 2 heterocycles. The molecule has 4 rings (SSSR count). The Morgan fingerprint density at radius 1 is 1.14 bits per heavy atom. The van der Waals surface area contributed by atoms with Gasteiger partial charge in [0, 0.05) is 21.8 Å². The van der Waals surface area contributed by atoms with Crippen molar-refractivity contribution in [1.29, 1.82) is 0 Å². The van der Waals surface area contributed by atoms with Crippen molar-refractivity contribution in [1.82, 2.24) is 5.32 Å². The van der Waals surface area contributed by atoms with Crippen LogP contribution in [-0.2, 0) is 0 Å². The fraction of sp³-hybridized carbons (Fsp3) is 0.118. The Hall–Kier alpha value is -2.46. The van der Waals surface area contributed by atoms with Crippen molar-refractivity contribution in [3.8, 4) is 5.75 Å². The minimum Gasteiger partial charge on any atom is -0.488 e. The van der Waals surface area contributed by atoms with Gasteiger partial charge in [-0.25, -0.2) is 0 Å². The number of hydrogen-bond acceptors (Lipinski definition) is 3. The first-order chi connectivity index (χ1) is 10.7. The molecule has 22 heavy (non-hydrogen) atoms. The van der Waals surface area contributed by atoms with Crippen molar-refractivity contribution in [2.75, 3.05) is 11.9 Å². The monoisotopic (exact) mass is 312 g/mol. The molecule has 0 saturated carbocycles. The number of amides is 1. The number of halogens is 1. The molecule has 2 N–H and O–H groups in total. The summed E-state index contributed by atoms with van der Waals surface area (Å²) in [4.78, 5) is 12.2. The van der Waals surface area contributed by atoms with Crippen LogP contribution >= 0.6 is 11.6 Å². The maximum Gasteiger partial charge on any atom is 0.255 e. The summed E-state index contributed by atoms with van der Waals surface area (Å²) in [5.74, 6) is 0.716. The summed E-state index contributed by atoms with van der Waals surface area (Å²) in [6, 6.07) is 13.0. The Balaban J connectivity index is 1.68. The van der Waals surface area contributed by atoms with E-state index in [1.54, 1.807) is 12.1 Å². The van der Waals surface area contributed by atoms with E-state index in [1.807, 2.05) is 36.4 Å². The molecule has 0 bridgehead atoms. The van der Waals surface area contributed by atoms with Gasteiger partial charge in [0.2, 0.25) is 0 Å². The minimum absolute atomic E-state index is 0.0860. The summed E-state index contributed by atoms with van der Waals surface area (Å²) >= 11 is 6.03. The lowest BCUT2D eigenvalue weighted by atomic mass is 10.0. The molecule has 0 fully saturated rings. The molecular weight excluding hydrogens is 300 g/mol. The van der Waals surface area contributed by atoms with Gasteiger partial charge in [0.1, 0.15) is 18.5 Å². The van der Waals surface area contributed by atoms with E-state index in [-0.39, 0.29) is 12.1 Å². The average molecular weight is 313 g/mol. The summed E-state index contributed by atoms with van der Waals surface area (Å²) in [6.07, 6.45) is 1.73. The molecule has 2 aromatic carbocycles. The van der Waals surface area contributed by atoms with Gasteiger partial charge in [-0.15, -0.1) is 0 Å².